The number of hydrogen-bond acceptors (Lipinski definition) is 3. The summed E-state index contributed by atoms with van der Waals surface area (Å²) in [5, 5.41) is 0. The second-order valence-electron chi connectivity index (χ2n) is 11.3. The maximum absolute atomic E-state index is 2.61. The molecule has 0 amide bonds. The molecule has 0 N–H and O–H groups in total. The van der Waals surface area contributed by atoms with Crippen molar-refractivity contribution in [3.63, 3.8) is 0 Å². The third-order valence-corrected chi connectivity index (χ3v) is 4.65. The molecule has 146 valence electrons. The first-order valence-electron chi connectivity index (χ1n) is 9.61. The summed E-state index contributed by atoms with van der Waals surface area (Å²) in [4.78, 5) is 7.71. The van der Waals surface area contributed by atoms with E-state index in [-0.39, 0.29) is 22.2 Å². The van der Waals surface area contributed by atoms with Crippen LogP contribution in [0.5, 0.6) is 0 Å². The van der Waals surface area contributed by atoms with Crippen LogP contribution in [0, 0.1) is 0 Å². The van der Waals surface area contributed by atoms with Crippen molar-refractivity contribution in [3.05, 3.63) is 0 Å². The average molecular weight is 342 g/mol. The van der Waals surface area contributed by atoms with E-state index in [1.165, 1.54) is 0 Å². The van der Waals surface area contributed by atoms with Crippen LogP contribution in [0.15, 0.2) is 0 Å². The zero-order chi connectivity index (χ0) is 19.6. The van der Waals surface area contributed by atoms with Gasteiger partial charge in [0.15, 0.2) is 0 Å². The summed E-state index contributed by atoms with van der Waals surface area (Å²) in [5.74, 6) is 0. The van der Waals surface area contributed by atoms with Gasteiger partial charge in [-0.2, -0.15) is 0 Å². The fraction of sp³-hybridized carbons (Fsp3) is 1.00. The van der Waals surface area contributed by atoms with Crippen molar-refractivity contribution in [3.8, 4) is 0 Å². The van der Waals surface area contributed by atoms with Gasteiger partial charge in [0.1, 0.15) is 0 Å². The van der Waals surface area contributed by atoms with Gasteiger partial charge in [-0.25, -0.2) is 0 Å². The van der Waals surface area contributed by atoms with Crippen LogP contribution in [0.2, 0.25) is 0 Å². The van der Waals surface area contributed by atoms with E-state index in [1.54, 1.807) is 0 Å². The first kappa shape index (κ1) is 23.9. The largest absolute Gasteiger partial charge is 0.304 e. The number of likely N-dealkylation sites (N-methyl/N-ethyl adjacent to an activating group) is 1. The van der Waals surface area contributed by atoms with E-state index in [1.807, 2.05) is 0 Å². The second kappa shape index (κ2) is 8.05. The van der Waals surface area contributed by atoms with Crippen molar-refractivity contribution in [1.29, 1.82) is 0 Å². The molecule has 0 aromatic carbocycles. The fourth-order valence-electron chi connectivity index (χ4n) is 4.01. The van der Waals surface area contributed by atoms with Gasteiger partial charge in [-0.3, -0.25) is 9.80 Å². The zero-order valence-electron chi connectivity index (χ0n) is 19.2. The highest BCUT2D eigenvalue weighted by Crippen LogP contribution is 2.25. The van der Waals surface area contributed by atoms with Crippen LogP contribution in [0.25, 0.3) is 0 Å². The molecule has 0 aliphatic carbocycles. The lowest BCUT2D eigenvalue weighted by molar-refractivity contribution is 0.0175. The van der Waals surface area contributed by atoms with Crippen LogP contribution >= 0.6 is 0 Å². The Kier molecular flexibility index (Phi) is 8.01. The molecule has 0 radical (unpaired) electrons. The SMILES string of the molecule is CN(CCN(C(C)(C)C)C(C)(C)C)CCN(C(C)(C)C)C(C)(C)C. The molecule has 0 atom stereocenters. The van der Waals surface area contributed by atoms with Gasteiger partial charge in [0, 0.05) is 48.3 Å². The molecule has 0 bridgehead atoms. The molecule has 0 saturated carbocycles. The summed E-state index contributed by atoms with van der Waals surface area (Å²) < 4.78 is 0. The Morgan fingerprint density at radius 1 is 0.417 bits per heavy atom. The highest BCUT2D eigenvalue weighted by atomic mass is 15.3. The molecular weight excluding hydrogens is 294 g/mol. The van der Waals surface area contributed by atoms with Crippen molar-refractivity contribution in [2.75, 3.05) is 33.2 Å². The minimum atomic E-state index is 0.196. The molecule has 3 nitrogen and oxygen atoms in total. The Labute approximate surface area is 153 Å². The maximum Gasteiger partial charge on any atom is 0.0130 e. The summed E-state index contributed by atoms with van der Waals surface area (Å²) in [7, 11) is 2.26. The van der Waals surface area contributed by atoms with Gasteiger partial charge in [0.2, 0.25) is 0 Å². The van der Waals surface area contributed by atoms with Gasteiger partial charge < -0.3 is 4.90 Å². The molecule has 24 heavy (non-hydrogen) atoms. The van der Waals surface area contributed by atoms with E-state index < -0.39 is 0 Å². The molecule has 0 unspecified atom stereocenters. The van der Waals surface area contributed by atoms with Gasteiger partial charge >= 0.3 is 0 Å². The van der Waals surface area contributed by atoms with E-state index in [4.69, 9.17) is 0 Å². The molecule has 0 fully saturated rings. The lowest BCUT2D eigenvalue weighted by Gasteiger charge is -2.47. The molecule has 0 rings (SSSR count). The number of hydrogen-bond donors (Lipinski definition) is 0. The Hall–Kier alpha value is -0.120. The summed E-state index contributed by atoms with van der Waals surface area (Å²) in [6.45, 7) is 32.3. The summed E-state index contributed by atoms with van der Waals surface area (Å²) in [5.41, 5.74) is 0.785. The highest BCUT2D eigenvalue weighted by Gasteiger charge is 2.32. The van der Waals surface area contributed by atoms with Crippen molar-refractivity contribution in [1.82, 2.24) is 14.7 Å². The number of nitrogens with zero attached hydrogens (tertiary/aromatic N) is 3. The highest BCUT2D eigenvalue weighted by molar-refractivity contribution is 4.89. The van der Waals surface area contributed by atoms with Gasteiger partial charge in [-0.15, -0.1) is 0 Å². The Balaban J connectivity index is 4.72. The third-order valence-electron chi connectivity index (χ3n) is 4.65. The van der Waals surface area contributed by atoms with Crippen LogP contribution in [0.1, 0.15) is 83.1 Å². The smallest absolute Gasteiger partial charge is 0.0130 e. The topological polar surface area (TPSA) is 9.72 Å². The third kappa shape index (κ3) is 8.31. The molecule has 0 aromatic heterocycles. The predicted octanol–water partition coefficient (Wildman–Crippen LogP) is 4.72. The molecular formula is C21H47N3. The van der Waals surface area contributed by atoms with Crippen LogP contribution in [0.4, 0.5) is 0 Å². The number of rotatable bonds is 6. The summed E-state index contributed by atoms with van der Waals surface area (Å²) >= 11 is 0. The van der Waals surface area contributed by atoms with Crippen LogP contribution < -0.4 is 0 Å². The van der Waals surface area contributed by atoms with Crippen molar-refractivity contribution >= 4 is 0 Å². The first-order chi connectivity index (χ1) is 10.4. The first-order valence-corrected chi connectivity index (χ1v) is 9.61. The van der Waals surface area contributed by atoms with E-state index in [2.05, 4.69) is 105 Å². The predicted molar refractivity (Wildman–Crippen MR) is 110 cm³/mol. The van der Waals surface area contributed by atoms with E-state index in [9.17, 15) is 0 Å². The van der Waals surface area contributed by atoms with Crippen molar-refractivity contribution in [2.24, 2.45) is 0 Å². The lowest BCUT2D eigenvalue weighted by atomic mass is 9.96. The molecule has 3 heteroatoms. The van der Waals surface area contributed by atoms with Crippen LogP contribution in [-0.4, -0.2) is 70.1 Å². The van der Waals surface area contributed by atoms with E-state index >= 15 is 0 Å². The van der Waals surface area contributed by atoms with Crippen molar-refractivity contribution in [2.45, 2.75) is 105 Å². The normalized spacial score (nSPS) is 15.0. The van der Waals surface area contributed by atoms with Gasteiger partial charge in [0.25, 0.3) is 0 Å². The van der Waals surface area contributed by atoms with E-state index in [0.717, 1.165) is 26.2 Å². The minimum Gasteiger partial charge on any atom is -0.304 e. The average Bonchev–Trinajstić information content (AvgIpc) is 2.21. The van der Waals surface area contributed by atoms with Crippen LogP contribution in [-0.2, 0) is 0 Å². The summed E-state index contributed by atoms with van der Waals surface area (Å²) in [6, 6.07) is 0. The van der Waals surface area contributed by atoms with Gasteiger partial charge in [0.05, 0.1) is 0 Å². The molecule has 0 saturated heterocycles. The van der Waals surface area contributed by atoms with Gasteiger partial charge in [-0.05, 0) is 90.1 Å². The monoisotopic (exact) mass is 341 g/mol. The second-order valence-corrected chi connectivity index (χ2v) is 11.3. The Morgan fingerprint density at radius 2 is 0.625 bits per heavy atom. The zero-order valence-corrected chi connectivity index (χ0v) is 19.2. The summed E-state index contributed by atoms with van der Waals surface area (Å²) in [6.07, 6.45) is 0. The maximum atomic E-state index is 2.61. The van der Waals surface area contributed by atoms with E-state index in [0.29, 0.717) is 0 Å². The molecule has 0 aliphatic heterocycles. The van der Waals surface area contributed by atoms with Crippen LogP contribution in [0.3, 0.4) is 0 Å². The quantitative estimate of drug-likeness (QED) is 0.692. The Bertz CT molecular complexity index is 297. The minimum absolute atomic E-state index is 0.196. The molecule has 0 heterocycles. The lowest BCUT2D eigenvalue weighted by Crippen LogP contribution is -2.56. The fourth-order valence-corrected chi connectivity index (χ4v) is 4.01. The van der Waals surface area contributed by atoms with Crippen molar-refractivity contribution < 1.29 is 0 Å². The van der Waals surface area contributed by atoms with Gasteiger partial charge in [-0.1, -0.05) is 0 Å². The standard InChI is InChI=1S/C21H47N3/c1-18(2,3)23(19(4,5)6)16-14-22(13)15-17-24(20(7,8)9)21(10,11)12/h14-17H2,1-13H3. The molecule has 0 aliphatic rings. The molecule has 0 spiro atoms. The molecule has 0 aromatic rings. The Morgan fingerprint density at radius 3 is 0.792 bits per heavy atom.